The third-order valence-electron chi connectivity index (χ3n) is 2.64. The van der Waals surface area contributed by atoms with Gasteiger partial charge in [0.05, 0.1) is 0 Å². The zero-order valence-corrected chi connectivity index (χ0v) is 10.7. The molecule has 1 rings (SSSR count). The molecule has 1 heteroatoms. The number of allylic oxidation sites excluding steroid dienone is 7. The van der Waals surface area contributed by atoms with Crippen molar-refractivity contribution in [2.45, 2.75) is 26.7 Å². The molecular formula is C14H20S. The predicted molar refractivity (Wildman–Crippen MR) is 72.4 cm³/mol. The molecule has 15 heavy (non-hydrogen) atoms. The van der Waals surface area contributed by atoms with E-state index in [0.717, 1.165) is 18.6 Å². The molecule has 0 amide bonds. The third-order valence-corrected chi connectivity index (χ3v) is 3.30. The van der Waals surface area contributed by atoms with Gasteiger partial charge in [-0.3, -0.25) is 0 Å². The molecule has 0 aromatic carbocycles. The normalized spacial score (nSPS) is 24.9. The first-order valence-corrected chi connectivity index (χ1v) is 6.84. The number of hydrogen-bond donors (Lipinski definition) is 0. The molecule has 0 saturated carbocycles. The van der Waals surface area contributed by atoms with Crippen molar-refractivity contribution in [2.75, 3.05) is 12.0 Å². The van der Waals surface area contributed by atoms with Gasteiger partial charge in [0, 0.05) is 5.75 Å². The summed E-state index contributed by atoms with van der Waals surface area (Å²) >= 11 is 1.90. The van der Waals surface area contributed by atoms with Gasteiger partial charge in [-0.2, -0.15) is 11.8 Å². The predicted octanol–water partition coefficient (Wildman–Crippen LogP) is 4.52. The quantitative estimate of drug-likeness (QED) is 0.630. The molecular weight excluding hydrogens is 200 g/mol. The summed E-state index contributed by atoms with van der Waals surface area (Å²) in [6.45, 7) is 4.27. The first-order valence-electron chi connectivity index (χ1n) is 5.44. The fraction of sp³-hybridized carbons (Fsp3) is 0.429. The maximum Gasteiger partial charge on any atom is 0.0143 e. The highest BCUT2D eigenvalue weighted by Gasteiger charge is 1.99. The average Bonchev–Trinajstić information content (AvgIpc) is 2.21. The maximum absolute atomic E-state index is 2.36. The van der Waals surface area contributed by atoms with Crippen LogP contribution in [-0.4, -0.2) is 12.0 Å². The van der Waals surface area contributed by atoms with E-state index in [-0.39, 0.29) is 0 Å². The number of thioether (sulfide) groups is 1. The molecule has 0 aromatic rings. The van der Waals surface area contributed by atoms with Crippen molar-refractivity contribution >= 4 is 11.8 Å². The van der Waals surface area contributed by atoms with E-state index in [2.05, 4.69) is 50.5 Å². The van der Waals surface area contributed by atoms with Gasteiger partial charge in [0.15, 0.2) is 0 Å². The Labute approximate surface area is 97.8 Å². The molecule has 0 aromatic heterocycles. The lowest BCUT2D eigenvalue weighted by atomic mass is 10.0. The van der Waals surface area contributed by atoms with Gasteiger partial charge in [-0.05, 0) is 44.1 Å². The van der Waals surface area contributed by atoms with Crippen LogP contribution in [0.5, 0.6) is 0 Å². The molecule has 0 fully saturated rings. The van der Waals surface area contributed by atoms with Crippen molar-refractivity contribution in [3.05, 3.63) is 47.1 Å². The first kappa shape index (κ1) is 12.4. The molecule has 0 unspecified atom stereocenters. The number of hydrogen-bond acceptors (Lipinski definition) is 1. The summed E-state index contributed by atoms with van der Waals surface area (Å²) in [5.74, 6) is 1.16. The van der Waals surface area contributed by atoms with E-state index in [1.807, 2.05) is 11.8 Å². The summed E-state index contributed by atoms with van der Waals surface area (Å²) in [4.78, 5) is 0. The lowest BCUT2D eigenvalue weighted by Gasteiger charge is -2.07. The molecule has 0 bridgehead atoms. The van der Waals surface area contributed by atoms with Crippen molar-refractivity contribution < 1.29 is 0 Å². The minimum atomic E-state index is 1.07. The van der Waals surface area contributed by atoms with Crippen LogP contribution in [0.1, 0.15) is 26.7 Å². The van der Waals surface area contributed by atoms with E-state index in [0.29, 0.717) is 0 Å². The molecule has 0 spiro atoms. The second kappa shape index (κ2) is 6.73. The zero-order chi connectivity index (χ0) is 11.1. The Morgan fingerprint density at radius 3 is 2.93 bits per heavy atom. The van der Waals surface area contributed by atoms with Crippen LogP contribution < -0.4 is 0 Å². The minimum absolute atomic E-state index is 1.07. The van der Waals surface area contributed by atoms with Gasteiger partial charge in [0.1, 0.15) is 0 Å². The lowest BCUT2D eigenvalue weighted by molar-refractivity contribution is 1.15. The number of rotatable bonds is 3. The first-order chi connectivity index (χ1) is 7.27. The van der Waals surface area contributed by atoms with E-state index in [9.17, 15) is 0 Å². The minimum Gasteiger partial charge on any atom is -0.161 e. The van der Waals surface area contributed by atoms with Crippen LogP contribution in [0, 0.1) is 0 Å². The molecule has 1 aliphatic rings. The molecule has 0 saturated heterocycles. The Morgan fingerprint density at radius 1 is 1.47 bits per heavy atom. The largest absolute Gasteiger partial charge is 0.161 e. The highest BCUT2D eigenvalue weighted by atomic mass is 32.2. The topological polar surface area (TPSA) is 0 Å². The molecule has 1 aliphatic carbocycles. The monoisotopic (exact) mass is 220 g/mol. The van der Waals surface area contributed by atoms with Crippen LogP contribution in [0.2, 0.25) is 0 Å². The fourth-order valence-electron chi connectivity index (χ4n) is 1.60. The lowest BCUT2D eigenvalue weighted by Crippen LogP contribution is -1.90. The smallest absolute Gasteiger partial charge is 0.0143 e. The van der Waals surface area contributed by atoms with Gasteiger partial charge in [0.2, 0.25) is 0 Å². The molecule has 0 N–H and O–H groups in total. The Hall–Kier alpha value is -0.690. The van der Waals surface area contributed by atoms with Crippen molar-refractivity contribution in [2.24, 2.45) is 0 Å². The standard InChI is InChI=1S/C14H20S/c1-4-12(2)14-9-5-7-13(11-15-3)8-6-10-14/h4-5,8-10H,6-7,11H2,1-3H3/b9-5?,12-4-,13-8+,14-10+. The van der Waals surface area contributed by atoms with Crippen LogP contribution in [0.4, 0.5) is 0 Å². The molecule has 0 aliphatic heterocycles. The van der Waals surface area contributed by atoms with E-state index in [4.69, 9.17) is 0 Å². The van der Waals surface area contributed by atoms with Gasteiger partial charge in [-0.25, -0.2) is 0 Å². The Bertz CT molecular complexity index is 316. The average molecular weight is 220 g/mol. The fourth-order valence-corrected chi connectivity index (χ4v) is 2.21. The van der Waals surface area contributed by atoms with Crippen LogP contribution in [-0.2, 0) is 0 Å². The summed E-state index contributed by atoms with van der Waals surface area (Å²) in [7, 11) is 0. The molecule has 82 valence electrons. The molecule has 0 atom stereocenters. The van der Waals surface area contributed by atoms with Gasteiger partial charge >= 0.3 is 0 Å². The molecule has 0 radical (unpaired) electrons. The SMILES string of the molecule is C/C=C(C)\C1=C\C/C=C(/CSC)CC=C1. The van der Waals surface area contributed by atoms with Crippen LogP contribution >= 0.6 is 11.8 Å². The third kappa shape index (κ3) is 4.13. The van der Waals surface area contributed by atoms with E-state index in [1.54, 1.807) is 5.57 Å². The van der Waals surface area contributed by atoms with E-state index < -0.39 is 0 Å². The van der Waals surface area contributed by atoms with Crippen molar-refractivity contribution in [1.29, 1.82) is 0 Å². The second-order valence-corrected chi connectivity index (χ2v) is 4.63. The highest BCUT2D eigenvalue weighted by Crippen LogP contribution is 2.18. The second-order valence-electron chi connectivity index (χ2n) is 3.77. The van der Waals surface area contributed by atoms with E-state index in [1.165, 1.54) is 11.1 Å². The highest BCUT2D eigenvalue weighted by molar-refractivity contribution is 7.98. The Balaban J connectivity index is 2.73. The van der Waals surface area contributed by atoms with Crippen LogP contribution in [0.25, 0.3) is 0 Å². The molecule has 0 heterocycles. The van der Waals surface area contributed by atoms with Gasteiger partial charge in [-0.1, -0.05) is 36.0 Å². The van der Waals surface area contributed by atoms with Gasteiger partial charge in [-0.15, -0.1) is 0 Å². The summed E-state index contributed by atoms with van der Waals surface area (Å²) < 4.78 is 0. The van der Waals surface area contributed by atoms with Crippen LogP contribution in [0.15, 0.2) is 47.1 Å². The zero-order valence-electron chi connectivity index (χ0n) is 9.92. The van der Waals surface area contributed by atoms with Gasteiger partial charge in [0.25, 0.3) is 0 Å². The maximum atomic E-state index is 2.36. The summed E-state index contributed by atoms with van der Waals surface area (Å²) in [6, 6.07) is 0. The Kier molecular flexibility index (Phi) is 5.56. The summed E-state index contributed by atoms with van der Waals surface area (Å²) in [5, 5.41) is 0. The van der Waals surface area contributed by atoms with E-state index >= 15 is 0 Å². The van der Waals surface area contributed by atoms with Crippen molar-refractivity contribution in [3.8, 4) is 0 Å². The van der Waals surface area contributed by atoms with Gasteiger partial charge < -0.3 is 0 Å². The van der Waals surface area contributed by atoms with Crippen molar-refractivity contribution in [3.63, 3.8) is 0 Å². The summed E-state index contributed by atoms with van der Waals surface area (Å²) in [6.07, 6.45) is 15.7. The molecule has 0 nitrogen and oxygen atoms in total. The summed E-state index contributed by atoms with van der Waals surface area (Å²) in [5.41, 5.74) is 4.29. The van der Waals surface area contributed by atoms with Crippen LogP contribution in [0.3, 0.4) is 0 Å². The Morgan fingerprint density at radius 2 is 2.27 bits per heavy atom. The van der Waals surface area contributed by atoms with Crippen molar-refractivity contribution in [1.82, 2.24) is 0 Å².